The van der Waals surface area contributed by atoms with Crippen LogP contribution in [0.15, 0.2) is 42.9 Å². The van der Waals surface area contributed by atoms with E-state index in [0.29, 0.717) is 0 Å². The summed E-state index contributed by atoms with van der Waals surface area (Å²) >= 11 is 0. The molecule has 0 saturated heterocycles. The lowest BCUT2D eigenvalue weighted by Crippen LogP contribution is -2.26. The Morgan fingerprint density at radius 3 is 2.79 bits per heavy atom. The van der Waals surface area contributed by atoms with Crippen LogP contribution in [0.5, 0.6) is 0 Å². The van der Waals surface area contributed by atoms with E-state index in [2.05, 4.69) is 39.7 Å². The highest BCUT2D eigenvalue weighted by atomic mass is 16.3. The van der Waals surface area contributed by atoms with Gasteiger partial charge in [-0.3, -0.25) is 4.98 Å². The Bertz CT molecular complexity index is 862. The highest BCUT2D eigenvalue weighted by Crippen LogP contribution is 2.34. The first-order valence-corrected chi connectivity index (χ1v) is 8.75. The molecule has 1 aliphatic rings. The molecule has 0 atom stereocenters. The number of rotatable bonds is 4. The molecule has 0 spiro atoms. The summed E-state index contributed by atoms with van der Waals surface area (Å²) in [5, 5.41) is 11.8. The van der Waals surface area contributed by atoms with Crippen molar-refractivity contribution < 1.29 is 5.11 Å². The SMILES string of the molecule is Cc1ccc2ncccc2c1-c1nccn1CCC1(O)CCCC1. The summed E-state index contributed by atoms with van der Waals surface area (Å²) in [6, 6.07) is 8.24. The van der Waals surface area contributed by atoms with Gasteiger partial charge in [-0.1, -0.05) is 25.0 Å². The number of pyridine rings is 1. The smallest absolute Gasteiger partial charge is 0.140 e. The largest absolute Gasteiger partial charge is 0.390 e. The van der Waals surface area contributed by atoms with Crippen LogP contribution in [0.1, 0.15) is 37.7 Å². The average Bonchev–Trinajstić information content (AvgIpc) is 3.22. The van der Waals surface area contributed by atoms with E-state index < -0.39 is 5.60 Å². The predicted molar refractivity (Wildman–Crippen MR) is 95.7 cm³/mol. The molecule has 0 unspecified atom stereocenters. The molecule has 4 nitrogen and oxygen atoms in total. The molecular weight excluding hydrogens is 298 g/mol. The van der Waals surface area contributed by atoms with Crippen molar-refractivity contribution in [1.29, 1.82) is 0 Å². The second-order valence-corrected chi connectivity index (χ2v) is 6.95. The zero-order valence-corrected chi connectivity index (χ0v) is 14.1. The summed E-state index contributed by atoms with van der Waals surface area (Å²) in [4.78, 5) is 9.08. The molecule has 0 amide bonds. The Hall–Kier alpha value is -2.20. The van der Waals surface area contributed by atoms with Gasteiger partial charge in [0.15, 0.2) is 0 Å². The highest BCUT2D eigenvalue weighted by Gasteiger charge is 2.30. The van der Waals surface area contributed by atoms with Crippen LogP contribution >= 0.6 is 0 Å². The van der Waals surface area contributed by atoms with Crippen molar-refractivity contribution in [2.24, 2.45) is 0 Å². The lowest BCUT2D eigenvalue weighted by Gasteiger charge is -2.22. The molecule has 2 aromatic heterocycles. The Morgan fingerprint density at radius 2 is 1.96 bits per heavy atom. The normalized spacial score (nSPS) is 16.8. The van der Waals surface area contributed by atoms with Gasteiger partial charge in [0.1, 0.15) is 5.82 Å². The maximum atomic E-state index is 10.6. The fourth-order valence-corrected chi connectivity index (χ4v) is 3.89. The Kier molecular flexibility index (Phi) is 3.85. The van der Waals surface area contributed by atoms with Crippen LogP contribution in [0.4, 0.5) is 0 Å². The molecule has 1 N–H and O–H groups in total. The number of benzene rings is 1. The minimum absolute atomic E-state index is 0.489. The number of aliphatic hydroxyl groups is 1. The topological polar surface area (TPSA) is 50.9 Å². The van der Waals surface area contributed by atoms with Gasteiger partial charge < -0.3 is 9.67 Å². The van der Waals surface area contributed by atoms with Crippen molar-refractivity contribution in [1.82, 2.24) is 14.5 Å². The minimum atomic E-state index is -0.489. The minimum Gasteiger partial charge on any atom is -0.390 e. The molecule has 0 bridgehead atoms. The van der Waals surface area contributed by atoms with Crippen LogP contribution in [0.3, 0.4) is 0 Å². The van der Waals surface area contributed by atoms with Crippen molar-refractivity contribution in [3.05, 3.63) is 48.4 Å². The summed E-state index contributed by atoms with van der Waals surface area (Å²) in [5.41, 5.74) is 2.84. The monoisotopic (exact) mass is 321 g/mol. The molecule has 2 heterocycles. The van der Waals surface area contributed by atoms with Crippen molar-refractivity contribution in [3.8, 4) is 11.4 Å². The molecule has 1 aromatic carbocycles. The molecule has 1 aliphatic carbocycles. The first-order chi connectivity index (χ1) is 11.7. The Morgan fingerprint density at radius 1 is 1.12 bits per heavy atom. The van der Waals surface area contributed by atoms with Crippen LogP contribution < -0.4 is 0 Å². The Labute approximate surface area is 142 Å². The van der Waals surface area contributed by atoms with Crippen LogP contribution in [-0.4, -0.2) is 25.2 Å². The molecule has 4 rings (SSSR count). The number of hydrogen-bond acceptors (Lipinski definition) is 3. The fourth-order valence-electron chi connectivity index (χ4n) is 3.89. The summed E-state index contributed by atoms with van der Waals surface area (Å²) < 4.78 is 2.17. The predicted octanol–water partition coefficient (Wildman–Crippen LogP) is 4.10. The van der Waals surface area contributed by atoms with Gasteiger partial charge in [0.2, 0.25) is 0 Å². The van der Waals surface area contributed by atoms with Crippen LogP contribution in [0.25, 0.3) is 22.3 Å². The molecule has 124 valence electrons. The Balaban J connectivity index is 1.71. The van der Waals surface area contributed by atoms with Gasteiger partial charge in [0, 0.05) is 36.1 Å². The number of hydrogen-bond donors (Lipinski definition) is 1. The molecule has 0 radical (unpaired) electrons. The van der Waals surface area contributed by atoms with Crippen LogP contribution in [0, 0.1) is 6.92 Å². The maximum Gasteiger partial charge on any atom is 0.140 e. The molecule has 24 heavy (non-hydrogen) atoms. The van der Waals surface area contributed by atoms with E-state index in [0.717, 1.165) is 60.9 Å². The van der Waals surface area contributed by atoms with Crippen LogP contribution in [0.2, 0.25) is 0 Å². The van der Waals surface area contributed by atoms with E-state index in [9.17, 15) is 5.11 Å². The van der Waals surface area contributed by atoms with E-state index in [1.807, 2.05) is 24.7 Å². The van der Waals surface area contributed by atoms with E-state index in [1.54, 1.807) is 0 Å². The second kappa shape index (κ2) is 6.02. The van der Waals surface area contributed by atoms with Crippen molar-refractivity contribution in [2.45, 2.75) is 51.2 Å². The van der Waals surface area contributed by atoms with Gasteiger partial charge in [0.25, 0.3) is 0 Å². The van der Waals surface area contributed by atoms with Gasteiger partial charge in [0.05, 0.1) is 11.1 Å². The third-order valence-corrected chi connectivity index (χ3v) is 5.28. The molecule has 3 aromatic rings. The van der Waals surface area contributed by atoms with Gasteiger partial charge in [-0.15, -0.1) is 0 Å². The maximum absolute atomic E-state index is 10.6. The number of fused-ring (bicyclic) bond motifs is 1. The van der Waals surface area contributed by atoms with E-state index in [4.69, 9.17) is 0 Å². The highest BCUT2D eigenvalue weighted by molar-refractivity contribution is 5.94. The summed E-state index contributed by atoms with van der Waals surface area (Å²) in [5.74, 6) is 0.965. The number of nitrogens with zero attached hydrogens (tertiary/aromatic N) is 3. The quantitative estimate of drug-likeness (QED) is 0.787. The summed E-state index contributed by atoms with van der Waals surface area (Å²) in [7, 11) is 0. The number of aryl methyl sites for hydroxylation is 2. The van der Waals surface area contributed by atoms with Gasteiger partial charge in [-0.2, -0.15) is 0 Å². The van der Waals surface area contributed by atoms with E-state index >= 15 is 0 Å². The molecule has 0 aliphatic heterocycles. The van der Waals surface area contributed by atoms with Gasteiger partial charge >= 0.3 is 0 Å². The number of imidazole rings is 1. The summed E-state index contributed by atoms with van der Waals surface area (Å²) in [6.45, 7) is 2.91. The van der Waals surface area contributed by atoms with Crippen molar-refractivity contribution in [2.75, 3.05) is 0 Å². The lowest BCUT2D eigenvalue weighted by molar-refractivity contribution is 0.0346. The average molecular weight is 321 g/mol. The zero-order chi connectivity index (χ0) is 16.6. The molecule has 1 fully saturated rings. The standard InChI is InChI=1S/C20H23N3O/c1-15-6-7-17-16(5-4-11-21-17)18(15)19-22-12-14-23(19)13-10-20(24)8-2-3-9-20/h4-7,11-12,14,24H,2-3,8-10,13H2,1H3. The third kappa shape index (κ3) is 2.71. The molecular formula is C20H23N3O. The molecule has 4 heteroatoms. The first kappa shape index (κ1) is 15.3. The third-order valence-electron chi connectivity index (χ3n) is 5.28. The number of aromatic nitrogens is 3. The first-order valence-electron chi connectivity index (χ1n) is 8.75. The zero-order valence-electron chi connectivity index (χ0n) is 14.1. The van der Waals surface area contributed by atoms with Crippen LogP contribution in [-0.2, 0) is 6.54 Å². The van der Waals surface area contributed by atoms with Crippen molar-refractivity contribution >= 4 is 10.9 Å². The molecule has 1 saturated carbocycles. The van der Waals surface area contributed by atoms with Crippen molar-refractivity contribution in [3.63, 3.8) is 0 Å². The fraction of sp³-hybridized carbons (Fsp3) is 0.400. The lowest BCUT2D eigenvalue weighted by atomic mass is 9.98. The van der Waals surface area contributed by atoms with E-state index in [1.165, 1.54) is 5.56 Å². The van der Waals surface area contributed by atoms with Gasteiger partial charge in [-0.25, -0.2) is 4.98 Å². The van der Waals surface area contributed by atoms with E-state index in [-0.39, 0.29) is 0 Å². The van der Waals surface area contributed by atoms with Gasteiger partial charge in [-0.05, 0) is 43.9 Å². The second-order valence-electron chi connectivity index (χ2n) is 6.95. The summed E-state index contributed by atoms with van der Waals surface area (Å²) in [6.07, 6.45) is 10.6.